The Balaban J connectivity index is 1.67. The van der Waals surface area contributed by atoms with Crippen LogP contribution >= 0.6 is 11.8 Å². The zero-order chi connectivity index (χ0) is 19.2. The smallest absolute Gasteiger partial charge is 0.286 e. The summed E-state index contributed by atoms with van der Waals surface area (Å²) in [6.07, 6.45) is 0.874. The Bertz CT molecular complexity index is 771. The van der Waals surface area contributed by atoms with Crippen molar-refractivity contribution in [2.45, 2.75) is 31.2 Å². The van der Waals surface area contributed by atoms with Crippen LogP contribution in [0, 0.1) is 0 Å². The van der Waals surface area contributed by atoms with Crippen LogP contribution in [0.15, 0.2) is 27.8 Å². The molecule has 27 heavy (non-hydrogen) atoms. The summed E-state index contributed by atoms with van der Waals surface area (Å²) in [5.74, 6) is 2.49. The number of aryl methyl sites for hydroxylation is 1. The van der Waals surface area contributed by atoms with Gasteiger partial charge in [0.15, 0.2) is 10.9 Å². The molecule has 3 rings (SSSR count). The summed E-state index contributed by atoms with van der Waals surface area (Å²) >= 11 is 1.54. The average molecular weight is 390 g/mol. The monoisotopic (exact) mass is 389 g/mol. The first-order valence-electron chi connectivity index (χ1n) is 9.40. The first-order valence-corrected chi connectivity index (χ1v) is 10.4. The van der Waals surface area contributed by atoms with Crippen molar-refractivity contribution in [3.05, 3.63) is 35.4 Å². The zero-order valence-corrected chi connectivity index (χ0v) is 17.0. The fraction of sp³-hybridized carbons (Fsp3) is 0.526. The molecular formula is C19H27N5O2S. The third-order valence-electron chi connectivity index (χ3n) is 4.50. The summed E-state index contributed by atoms with van der Waals surface area (Å²) in [4.78, 5) is 25.9. The van der Waals surface area contributed by atoms with Gasteiger partial charge < -0.3 is 19.5 Å². The normalized spacial score (nSPS) is 15.1. The van der Waals surface area contributed by atoms with E-state index in [0.717, 1.165) is 55.0 Å². The molecule has 0 spiro atoms. The van der Waals surface area contributed by atoms with Gasteiger partial charge in [-0.25, -0.2) is 9.97 Å². The maximum absolute atomic E-state index is 11.8. The predicted octanol–water partition coefficient (Wildman–Crippen LogP) is 2.43. The maximum atomic E-state index is 11.8. The lowest BCUT2D eigenvalue weighted by Crippen LogP contribution is -2.44. The Labute approximate surface area is 164 Å². The number of hydrogen-bond donors (Lipinski definition) is 1. The highest BCUT2D eigenvalue weighted by atomic mass is 32.2. The Morgan fingerprint density at radius 2 is 2.00 bits per heavy atom. The van der Waals surface area contributed by atoms with E-state index in [9.17, 15) is 4.79 Å². The Hall–Kier alpha value is -2.06. The minimum Gasteiger partial charge on any atom is -0.455 e. The van der Waals surface area contributed by atoms with Gasteiger partial charge in [0.25, 0.3) is 5.91 Å². The summed E-state index contributed by atoms with van der Waals surface area (Å²) in [5.41, 5.74) is 1.05. The number of rotatable bonds is 7. The lowest BCUT2D eigenvalue weighted by molar-refractivity contribution is 0.0927. The standard InChI is InChI=1S/C19H27N5O2S/c1-4-14-12-17(24-10-8-23(3)9-11-24)22-19(21-14)27-13-15-6-7-16(26-15)18(25)20-5-2/h6-7,12H,4-5,8-11,13H2,1-3H3,(H,20,25). The Kier molecular flexibility index (Phi) is 6.73. The first kappa shape index (κ1) is 19.7. The summed E-state index contributed by atoms with van der Waals surface area (Å²) < 4.78 is 5.63. The van der Waals surface area contributed by atoms with Crippen molar-refractivity contribution in [1.29, 1.82) is 0 Å². The minimum atomic E-state index is -0.185. The predicted molar refractivity (Wildman–Crippen MR) is 107 cm³/mol. The Morgan fingerprint density at radius 1 is 1.22 bits per heavy atom. The Morgan fingerprint density at radius 3 is 2.70 bits per heavy atom. The molecule has 1 saturated heterocycles. The maximum Gasteiger partial charge on any atom is 0.286 e. The molecule has 0 atom stereocenters. The van der Waals surface area contributed by atoms with E-state index in [0.29, 0.717) is 18.1 Å². The second-order valence-corrected chi connectivity index (χ2v) is 7.50. The highest BCUT2D eigenvalue weighted by Gasteiger charge is 2.17. The molecular weight excluding hydrogens is 362 g/mol. The molecule has 8 heteroatoms. The lowest BCUT2D eigenvalue weighted by atomic mass is 10.3. The number of furan rings is 1. The molecule has 1 aliphatic rings. The van der Waals surface area contributed by atoms with E-state index in [1.165, 1.54) is 11.8 Å². The van der Waals surface area contributed by atoms with Gasteiger partial charge in [0.1, 0.15) is 11.6 Å². The molecule has 0 saturated carbocycles. The third-order valence-corrected chi connectivity index (χ3v) is 5.37. The van der Waals surface area contributed by atoms with Crippen molar-refractivity contribution in [1.82, 2.24) is 20.2 Å². The fourth-order valence-corrected chi connectivity index (χ4v) is 3.63. The van der Waals surface area contributed by atoms with E-state index in [4.69, 9.17) is 9.40 Å². The summed E-state index contributed by atoms with van der Waals surface area (Å²) in [6, 6.07) is 5.64. The van der Waals surface area contributed by atoms with Gasteiger partial charge in [0.2, 0.25) is 0 Å². The highest BCUT2D eigenvalue weighted by Crippen LogP contribution is 2.24. The van der Waals surface area contributed by atoms with Crippen molar-refractivity contribution in [2.24, 2.45) is 0 Å². The minimum absolute atomic E-state index is 0.185. The van der Waals surface area contributed by atoms with Crippen LogP contribution < -0.4 is 10.2 Å². The number of nitrogens with one attached hydrogen (secondary N) is 1. The van der Waals surface area contributed by atoms with Crippen LogP contribution in [-0.2, 0) is 12.2 Å². The largest absolute Gasteiger partial charge is 0.455 e. The van der Waals surface area contributed by atoms with Crippen molar-refractivity contribution < 1.29 is 9.21 Å². The third kappa shape index (κ3) is 5.23. The van der Waals surface area contributed by atoms with Gasteiger partial charge in [-0.15, -0.1) is 0 Å². The number of nitrogens with zero attached hydrogens (tertiary/aromatic N) is 4. The van der Waals surface area contributed by atoms with Crippen molar-refractivity contribution in [3.63, 3.8) is 0 Å². The van der Waals surface area contributed by atoms with E-state index >= 15 is 0 Å². The van der Waals surface area contributed by atoms with E-state index in [-0.39, 0.29) is 5.91 Å². The van der Waals surface area contributed by atoms with Crippen LogP contribution in [0.2, 0.25) is 0 Å². The van der Waals surface area contributed by atoms with Crippen molar-refractivity contribution >= 4 is 23.5 Å². The second-order valence-electron chi connectivity index (χ2n) is 6.56. The fourth-order valence-electron chi connectivity index (χ4n) is 2.86. The van der Waals surface area contributed by atoms with Crippen LogP contribution in [0.3, 0.4) is 0 Å². The van der Waals surface area contributed by atoms with Gasteiger partial charge in [-0.3, -0.25) is 4.79 Å². The summed E-state index contributed by atoms with van der Waals surface area (Å²) in [6.45, 7) is 8.62. The average Bonchev–Trinajstić information content (AvgIpc) is 3.16. The number of likely N-dealkylation sites (N-methyl/N-ethyl adjacent to an activating group) is 1. The van der Waals surface area contributed by atoms with E-state index in [1.807, 2.05) is 13.0 Å². The van der Waals surface area contributed by atoms with Gasteiger partial charge in [-0.2, -0.15) is 0 Å². The molecule has 0 bridgehead atoms. The number of thioether (sulfide) groups is 1. The molecule has 0 unspecified atom stereocenters. The molecule has 1 aliphatic heterocycles. The van der Waals surface area contributed by atoms with Crippen LogP contribution in [0.1, 0.15) is 35.9 Å². The number of carbonyl (C=O) groups is 1. The second kappa shape index (κ2) is 9.23. The molecule has 2 aromatic heterocycles. The van der Waals surface area contributed by atoms with Crippen LogP contribution in [0.5, 0.6) is 0 Å². The lowest BCUT2D eigenvalue weighted by Gasteiger charge is -2.33. The molecule has 0 aromatic carbocycles. The van der Waals surface area contributed by atoms with E-state index < -0.39 is 0 Å². The summed E-state index contributed by atoms with van der Waals surface area (Å²) in [5, 5.41) is 3.49. The first-order chi connectivity index (χ1) is 13.1. The van der Waals surface area contributed by atoms with Crippen LogP contribution in [-0.4, -0.2) is 60.5 Å². The molecule has 3 heterocycles. The number of anilines is 1. The molecule has 146 valence electrons. The van der Waals surface area contributed by atoms with Gasteiger partial charge >= 0.3 is 0 Å². The molecule has 2 aromatic rings. The molecule has 1 amide bonds. The number of aromatic nitrogens is 2. The van der Waals surface area contributed by atoms with Crippen LogP contribution in [0.4, 0.5) is 5.82 Å². The molecule has 0 radical (unpaired) electrons. The molecule has 0 aliphatic carbocycles. The van der Waals surface area contributed by atoms with Crippen molar-refractivity contribution in [3.8, 4) is 0 Å². The van der Waals surface area contributed by atoms with Gasteiger partial charge in [0.05, 0.1) is 5.75 Å². The zero-order valence-electron chi connectivity index (χ0n) is 16.2. The number of hydrogen-bond acceptors (Lipinski definition) is 7. The van der Waals surface area contributed by atoms with Crippen molar-refractivity contribution in [2.75, 3.05) is 44.7 Å². The van der Waals surface area contributed by atoms with E-state index in [2.05, 4.69) is 40.1 Å². The molecule has 1 fully saturated rings. The molecule has 7 nitrogen and oxygen atoms in total. The van der Waals surface area contributed by atoms with Crippen LogP contribution in [0.25, 0.3) is 0 Å². The van der Waals surface area contributed by atoms with Gasteiger partial charge in [-0.05, 0) is 32.5 Å². The topological polar surface area (TPSA) is 74.5 Å². The number of amides is 1. The number of carbonyl (C=O) groups excluding carboxylic acids is 1. The highest BCUT2D eigenvalue weighted by molar-refractivity contribution is 7.98. The SMILES string of the molecule is CCNC(=O)c1ccc(CSc2nc(CC)cc(N3CCN(C)CC3)n2)o1. The molecule has 1 N–H and O–H groups in total. The summed E-state index contributed by atoms with van der Waals surface area (Å²) in [7, 11) is 2.15. The van der Waals surface area contributed by atoms with Gasteiger partial charge in [-0.1, -0.05) is 18.7 Å². The number of piperazine rings is 1. The van der Waals surface area contributed by atoms with E-state index in [1.54, 1.807) is 6.07 Å². The van der Waals surface area contributed by atoms with Gasteiger partial charge in [0, 0.05) is 44.5 Å². The quantitative estimate of drug-likeness (QED) is 0.576.